The lowest BCUT2D eigenvalue weighted by atomic mass is 10.0. The van der Waals surface area contributed by atoms with E-state index in [9.17, 15) is 0 Å². The number of anilines is 1. The van der Waals surface area contributed by atoms with Crippen LogP contribution in [-0.4, -0.2) is 33.6 Å². The van der Waals surface area contributed by atoms with Crippen molar-refractivity contribution in [3.8, 4) is 0 Å². The Labute approximate surface area is 108 Å². The van der Waals surface area contributed by atoms with E-state index in [2.05, 4.69) is 26.8 Å². The van der Waals surface area contributed by atoms with E-state index in [1.165, 1.54) is 12.8 Å². The Kier molecular flexibility index (Phi) is 3.79. The maximum Gasteiger partial charge on any atom is 0.350 e. The van der Waals surface area contributed by atoms with Gasteiger partial charge in [0.2, 0.25) is 0 Å². The van der Waals surface area contributed by atoms with E-state index < -0.39 is 0 Å². The molecule has 18 heavy (non-hydrogen) atoms. The van der Waals surface area contributed by atoms with Crippen LogP contribution in [0.1, 0.15) is 31.2 Å². The molecule has 1 aromatic heterocycles. The third-order valence-electron chi connectivity index (χ3n) is 3.35. The van der Waals surface area contributed by atoms with Crippen molar-refractivity contribution in [2.75, 3.05) is 18.4 Å². The van der Waals surface area contributed by atoms with Gasteiger partial charge in [0, 0.05) is 11.4 Å². The van der Waals surface area contributed by atoms with Crippen LogP contribution in [0.15, 0.2) is 6.07 Å². The maximum atomic E-state index is 6.08. The molecule has 2 rings (SSSR count). The average Bonchev–Trinajstić information content (AvgIpc) is 2.28. The Balaban J connectivity index is 2.10. The smallest absolute Gasteiger partial charge is 0.290 e. The van der Waals surface area contributed by atoms with Gasteiger partial charge in [0.05, 0.1) is 13.1 Å². The molecule has 1 saturated heterocycles. The number of guanidine groups is 1. The molecule has 5 heteroatoms. The molecule has 2 heterocycles. The third-order valence-corrected chi connectivity index (χ3v) is 3.35. The van der Waals surface area contributed by atoms with Crippen molar-refractivity contribution in [3.05, 3.63) is 17.5 Å². The van der Waals surface area contributed by atoms with Gasteiger partial charge in [-0.25, -0.2) is 15.3 Å². The van der Waals surface area contributed by atoms with Gasteiger partial charge in [-0.3, -0.25) is 10.3 Å². The highest BCUT2D eigenvalue weighted by Crippen LogP contribution is 2.13. The van der Waals surface area contributed by atoms with E-state index in [0.717, 1.165) is 30.4 Å². The van der Waals surface area contributed by atoms with Gasteiger partial charge in [-0.1, -0.05) is 6.92 Å². The molecule has 0 atom stereocenters. The van der Waals surface area contributed by atoms with Crippen molar-refractivity contribution in [3.63, 3.8) is 0 Å². The Bertz CT molecular complexity index is 436. The second-order valence-electron chi connectivity index (χ2n) is 5.15. The summed E-state index contributed by atoms with van der Waals surface area (Å²) in [5, 5.41) is 3.11. The minimum Gasteiger partial charge on any atom is -0.290 e. The largest absolute Gasteiger partial charge is 0.350 e. The highest BCUT2D eigenvalue weighted by molar-refractivity contribution is 5.86. The predicted molar refractivity (Wildman–Crippen MR) is 72.7 cm³/mol. The molecule has 1 fully saturated rings. The van der Waals surface area contributed by atoms with Gasteiger partial charge in [-0.2, -0.15) is 0 Å². The fourth-order valence-corrected chi connectivity index (χ4v) is 2.22. The first-order chi connectivity index (χ1) is 8.54. The summed E-state index contributed by atoms with van der Waals surface area (Å²) in [7, 11) is 0. The molecule has 5 nitrogen and oxygen atoms in total. The van der Waals surface area contributed by atoms with Gasteiger partial charge in [0.1, 0.15) is 0 Å². The Morgan fingerprint density at radius 1 is 1.28 bits per heavy atom. The van der Waals surface area contributed by atoms with Crippen LogP contribution in [0.25, 0.3) is 0 Å². The summed E-state index contributed by atoms with van der Waals surface area (Å²) < 4.78 is 2.17. The summed E-state index contributed by atoms with van der Waals surface area (Å²) in [6.45, 7) is 8.21. The van der Waals surface area contributed by atoms with Crippen LogP contribution in [0.2, 0.25) is 0 Å². The minimum atomic E-state index is 0.587. The lowest BCUT2D eigenvalue weighted by Gasteiger charge is -2.21. The molecule has 0 aromatic carbocycles. The number of nitrogens with two attached hydrogens (primary N) is 1. The Morgan fingerprint density at radius 2 is 1.83 bits per heavy atom. The number of piperidine rings is 1. The molecular weight excluding hydrogens is 226 g/mol. The van der Waals surface area contributed by atoms with Gasteiger partial charge in [0.25, 0.3) is 5.95 Å². The number of nitrogens with one attached hydrogen (secondary N) is 1. The van der Waals surface area contributed by atoms with Gasteiger partial charge in [0.15, 0.2) is 0 Å². The van der Waals surface area contributed by atoms with Crippen molar-refractivity contribution < 1.29 is 4.58 Å². The molecule has 0 saturated carbocycles. The summed E-state index contributed by atoms with van der Waals surface area (Å²) in [6.07, 6.45) is 2.38. The first-order valence-corrected chi connectivity index (χ1v) is 6.51. The number of aromatic nitrogens is 2. The van der Waals surface area contributed by atoms with E-state index in [0.29, 0.717) is 11.9 Å². The second kappa shape index (κ2) is 5.33. The van der Waals surface area contributed by atoms with E-state index in [-0.39, 0.29) is 0 Å². The molecule has 0 bridgehead atoms. The lowest BCUT2D eigenvalue weighted by Crippen LogP contribution is -2.39. The maximum absolute atomic E-state index is 6.08. The van der Waals surface area contributed by atoms with E-state index in [1.807, 2.05) is 19.9 Å². The topological polar surface area (TPSA) is 66.8 Å². The fourth-order valence-electron chi connectivity index (χ4n) is 2.22. The number of hydrogen-bond donors (Lipinski definition) is 2. The standard InChI is InChI=1S/C13H21N5/c1-9-4-6-18(7-5-9)12(14)17-13-15-10(2)8-11(3)16-13/h8-9H,4-7H2,1-3H3,(H2,14,15,16,17)/p+1. The number of nitrogens with zero attached hydrogens (tertiary/aromatic N) is 3. The number of hydrogen-bond acceptors (Lipinski definition) is 2. The molecule has 0 amide bonds. The number of aryl methyl sites for hydroxylation is 2. The zero-order chi connectivity index (χ0) is 13.1. The molecule has 0 unspecified atom stereocenters. The van der Waals surface area contributed by atoms with Crippen LogP contribution < -0.4 is 11.1 Å². The van der Waals surface area contributed by atoms with Gasteiger partial charge in [-0.15, -0.1) is 0 Å². The zero-order valence-corrected chi connectivity index (χ0v) is 11.4. The van der Waals surface area contributed by atoms with Gasteiger partial charge >= 0.3 is 5.96 Å². The Morgan fingerprint density at radius 3 is 2.39 bits per heavy atom. The molecular formula is C13H22N5+. The first kappa shape index (κ1) is 12.8. The summed E-state index contributed by atoms with van der Waals surface area (Å²) in [5.41, 5.74) is 7.98. The van der Waals surface area contributed by atoms with Crippen LogP contribution >= 0.6 is 0 Å². The SMILES string of the molecule is Cc1cc(C)nc(NC(N)=[N+]2CCC(C)CC2)n1. The Hall–Kier alpha value is -1.65. The van der Waals surface area contributed by atoms with Crippen molar-refractivity contribution in [1.29, 1.82) is 0 Å². The summed E-state index contributed by atoms with van der Waals surface area (Å²) in [5.74, 6) is 2.04. The van der Waals surface area contributed by atoms with Crippen LogP contribution in [-0.2, 0) is 0 Å². The molecule has 1 aliphatic heterocycles. The van der Waals surface area contributed by atoms with Crippen LogP contribution in [0, 0.1) is 19.8 Å². The van der Waals surface area contributed by atoms with Crippen molar-refractivity contribution in [1.82, 2.24) is 9.97 Å². The number of rotatable bonds is 1. The monoisotopic (exact) mass is 248 g/mol. The van der Waals surface area contributed by atoms with Gasteiger partial charge in [-0.05, 0) is 38.7 Å². The minimum absolute atomic E-state index is 0.587. The summed E-state index contributed by atoms with van der Waals surface area (Å²) in [4.78, 5) is 8.67. The van der Waals surface area contributed by atoms with E-state index >= 15 is 0 Å². The summed E-state index contributed by atoms with van der Waals surface area (Å²) >= 11 is 0. The predicted octanol–water partition coefficient (Wildman–Crippen LogP) is 1.26. The third kappa shape index (κ3) is 3.18. The normalized spacial score (nSPS) is 19.7. The van der Waals surface area contributed by atoms with Crippen LogP contribution in [0.5, 0.6) is 0 Å². The molecule has 3 N–H and O–H groups in total. The van der Waals surface area contributed by atoms with Crippen molar-refractivity contribution in [2.24, 2.45) is 11.7 Å². The average molecular weight is 248 g/mol. The van der Waals surface area contributed by atoms with Gasteiger partial charge < -0.3 is 0 Å². The van der Waals surface area contributed by atoms with Crippen LogP contribution in [0.4, 0.5) is 5.95 Å². The quantitative estimate of drug-likeness (QED) is 0.580. The second-order valence-corrected chi connectivity index (χ2v) is 5.15. The van der Waals surface area contributed by atoms with Crippen molar-refractivity contribution >= 4 is 11.9 Å². The molecule has 98 valence electrons. The summed E-state index contributed by atoms with van der Waals surface area (Å²) in [6, 6.07) is 1.95. The first-order valence-electron chi connectivity index (χ1n) is 6.51. The molecule has 0 radical (unpaired) electrons. The fraction of sp³-hybridized carbons (Fsp3) is 0.615. The highest BCUT2D eigenvalue weighted by atomic mass is 15.2. The highest BCUT2D eigenvalue weighted by Gasteiger charge is 2.18. The van der Waals surface area contributed by atoms with E-state index in [1.54, 1.807) is 0 Å². The van der Waals surface area contributed by atoms with Crippen LogP contribution in [0.3, 0.4) is 0 Å². The molecule has 1 aromatic rings. The zero-order valence-electron chi connectivity index (χ0n) is 11.4. The van der Waals surface area contributed by atoms with Crippen molar-refractivity contribution in [2.45, 2.75) is 33.6 Å². The molecule has 1 aliphatic rings. The lowest BCUT2D eigenvalue weighted by molar-refractivity contribution is -0.541. The molecule has 0 aliphatic carbocycles. The van der Waals surface area contributed by atoms with E-state index in [4.69, 9.17) is 5.73 Å². The molecule has 0 spiro atoms.